The highest BCUT2D eigenvalue weighted by Crippen LogP contribution is 2.21. The molecule has 23 heavy (non-hydrogen) atoms. The summed E-state index contributed by atoms with van der Waals surface area (Å²) >= 11 is 0. The van der Waals surface area contributed by atoms with Crippen molar-refractivity contribution < 1.29 is 0 Å². The third-order valence-electron chi connectivity index (χ3n) is 3.46. The van der Waals surface area contributed by atoms with Crippen molar-refractivity contribution in [1.82, 2.24) is 14.9 Å². The Morgan fingerprint density at radius 2 is 1.96 bits per heavy atom. The van der Waals surface area contributed by atoms with Gasteiger partial charge in [-0.3, -0.25) is 4.98 Å². The quantitative estimate of drug-likeness (QED) is 0.733. The molecule has 0 aliphatic carbocycles. The fourth-order valence-electron chi connectivity index (χ4n) is 2.25. The molecular formula is C18H20N5. The predicted molar refractivity (Wildman–Crippen MR) is 95.1 cm³/mol. The van der Waals surface area contributed by atoms with Crippen molar-refractivity contribution in [2.75, 3.05) is 37.8 Å². The molecule has 2 aromatic heterocycles. The van der Waals surface area contributed by atoms with E-state index in [0.29, 0.717) is 0 Å². The number of aromatic nitrogens is 2. The second-order valence-electron chi connectivity index (χ2n) is 5.63. The SMILES string of the molecule is CN(C)CCNc1ccc(Nc2ccc3nc[c]cc3c2)cn1. The van der Waals surface area contributed by atoms with Gasteiger partial charge in [-0.2, -0.15) is 0 Å². The number of hydrogen-bond acceptors (Lipinski definition) is 5. The van der Waals surface area contributed by atoms with Crippen LogP contribution in [-0.2, 0) is 0 Å². The van der Waals surface area contributed by atoms with E-state index >= 15 is 0 Å². The Morgan fingerprint density at radius 1 is 1.09 bits per heavy atom. The highest BCUT2D eigenvalue weighted by molar-refractivity contribution is 5.83. The van der Waals surface area contributed by atoms with Gasteiger partial charge in [0.25, 0.3) is 0 Å². The lowest BCUT2D eigenvalue weighted by Crippen LogP contribution is -2.21. The molecule has 0 aliphatic heterocycles. The summed E-state index contributed by atoms with van der Waals surface area (Å²) in [5, 5.41) is 7.72. The summed E-state index contributed by atoms with van der Waals surface area (Å²) in [5.74, 6) is 0.884. The first kappa shape index (κ1) is 15.2. The Bertz CT molecular complexity index is 768. The number of benzene rings is 1. The van der Waals surface area contributed by atoms with Crippen LogP contribution in [0.5, 0.6) is 0 Å². The molecule has 0 aliphatic rings. The Kier molecular flexibility index (Phi) is 4.68. The molecule has 0 amide bonds. The lowest BCUT2D eigenvalue weighted by molar-refractivity contribution is 0.425. The number of rotatable bonds is 6. The molecule has 3 aromatic rings. The molecule has 0 fully saturated rings. The second kappa shape index (κ2) is 7.07. The molecule has 0 atom stereocenters. The Balaban J connectivity index is 1.65. The molecule has 0 saturated heterocycles. The third-order valence-corrected chi connectivity index (χ3v) is 3.46. The second-order valence-corrected chi connectivity index (χ2v) is 5.63. The van der Waals surface area contributed by atoms with Crippen LogP contribution in [0.1, 0.15) is 0 Å². The van der Waals surface area contributed by atoms with Gasteiger partial charge in [-0.1, -0.05) is 0 Å². The number of hydrogen-bond donors (Lipinski definition) is 2. The summed E-state index contributed by atoms with van der Waals surface area (Å²) < 4.78 is 0. The van der Waals surface area contributed by atoms with Crippen molar-refractivity contribution in [3.05, 3.63) is 54.9 Å². The summed E-state index contributed by atoms with van der Waals surface area (Å²) in [7, 11) is 4.11. The predicted octanol–water partition coefficient (Wildman–Crippen LogP) is 3.15. The summed E-state index contributed by atoms with van der Waals surface area (Å²) in [6.45, 7) is 1.85. The smallest absolute Gasteiger partial charge is 0.126 e. The zero-order chi connectivity index (χ0) is 16.1. The average Bonchev–Trinajstić information content (AvgIpc) is 2.56. The molecule has 5 heteroatoms. The van der Waals surface area contributed by atoms with Gasteiger partial charge in [0.2, 0.25) is 0 Å². The lowest BCUT2D eigenvalue weighted by atomic mass is 10.2. The van der Waals surface area contributed by atoms with Gasteiger partial charge in [0.15, 0.2) is 0 Å². The molecule has 5 nitrogen and oxygen atoms in total. The van der Waals surface area contributed by atoms with Gasteiger partial charge in [0, 0.05) is 36.4 Å². The zero-order valence-corrected chi connectivity index (χ0v) is 13.4. The lowest BCUT2D eigenvalue weighted by Gasteiger charge is -2.11. The summed E-state index contributed by atoms with van der Waals surface area (Å²) in [4.78, 5) is 10.8. The fourth-order valence-corrected chi connectivity index (χ4v) is 2.25. The summed E-state index contributed by atoms with van der Waals surface area (Å²) in [6.07, 6.45) is 3.51. The van der Waals surface area contributed by atoms with E-state index in [-0.39, 0.29) is 0 Å². The van der Waals surface area contributed by atoms with Crippen LogP contribution in [0.15, 0.2) is 48.8 Å². The largest absolute Gasteiger partial charge is 0.369 e. The molecule has 117 valence electrons. The van der Waals surface area contributed by atoms with Gasteiger partial charge in [-0.15, -0.1) is 0 Å². The van der Waals surface area contributed by atoms with Gasteiger partial charge >= 0.3 is 0 Å². The van der Waals surface area contributed by atoms with E-state index in [1.54, 1.807) is 6.20 Å². The molecule has 1 aromatic carbocycles. The molecule has 3 rings (SSSR count). The maximum absolute atomic E-state index is 4.42. The monoisotopic (exact) mass is 306 g/mol. The standard InChI is InChI=1S/C18H20N5/c1-23(2)11-10-20-18-8-6-16(13-21-18)22-15-5-7-17-14(12-15)4-3-9-19-17/h4-9,12-13,22H,10-11H2,1-2H3,(H,20,21). The van der Waals surface area contributed by atoms with Crippen molar-refractivity contribution in [3.63, 3.8) is 0 Å². The first-order chi connectivity index (χ1) is 11.2. The van der Waals surface area contributed by atoms with Crippen molar-refractivity contribution in [2.24, 2.45) is 0 Å². The van der Waals surface area contributed by atoms with Gasteiger partial charge in [-0.25, -0.2) is 4.98 Å². The van der Waals surface area contributed by atoms with Gasteiger partial charge < -0.3 is 15.5 Å². The van der Waals surface area contributed by atoms with Crippen LogP contribution in [-0.4, -0.2) is 42.1 Å². The van der Waals surface area contributed by atoms with Crippen LogP contribution in [0, 0.1) is 6.07 Å². The first-order valence-electron chi connectivity index (χ1n) is 7.58. The maximum atomic E-state index is 4.42. The minimum absolute atomic E-state index is 0.876. The number of anilines is 3. The minimum atomic E-state index is 0.876. The molecule has 2 N–H and O–H groups in total. The molecule has 0 saturated carbocycles. The number of pyridine rings is 2. The van der Waals surface area contributed by atoms with Crippen LogP contribution in [0.25, 0.3) is 10.9 Å². The van der Waals surface area contributed by atoms with Gasteiger partial charge in [-0.05, 0) is 50.5 Å². The zero-order valence-electron chi connectivity index (χ0n) is 13.4. The average molecular weight is 306 g/mol. The molecule has 0 unspecified atom stereocenters. The normalized spacial score (nSPS) is 10.9. The van der Waals surface area contributed by atoms with Crippen LogP contribution in [0.3, 0.4) is 0 Å². The Labute approximate surface area is 136 Å². The van der Waals surface area contributed by atoms with E-state index in [1.807, 2.05) is 36.5 Å². The van der Waals surface area contributed by atoms with Gasteiger partial charge in [0.1, 0.15) is 5.82 Å². The molecular weight excluding hydrogens is 286 g/mol. The Morgan fingerprint density at radius 3 is 2.74 bits per heavy atom. The molecule has 1 radical (unpaired) electrons. The fraction of sp³-hybridized carbons (Fsp3) is 0.222. The van der Waals surface area contributed by atoms with E-state index in [0.717, 1.165) is 41.2 Å². The van der Waals surface area contributed by atoms with Crippen LogP contribution >= 0.6 is 0 Å². The van der Waals surface area contributed by atoms with E-state index in [2.05, 4.69) is 51.7 Å². The van der Waals surface area contributed by atoms with Crippen molar-refractivity contribution >= 4 is 28.1 Å². The highest BCUT2D eigenvalue weighted by Gasteiger charge is 2.00. The van der Waals surface area contributed by atoms with Crippen LogP contribution < -0.4 is 10.6 Å². The number of nitrogens with one attached hydrogen (secondary N) is 2. The maximum Gasteiger partial charge on any atom is 0.126 e. The molecule has 0 bridgehead atoms. The third kappa shape index (κ3) is 4.17. The van der Waals surface area contributed by atoms with Crippen molar-refractivity contribution in [2.45, 2.75) is 0 Å². The number of fused-ring (bicyclic) bond motifs is 1. The number of likely N-dealkylation sites (N-methyl/N-ethyl adjacent to an activating group) is 1. The Hall–Kier alpha value is -2.66. The van der Waals surface area contributed by atoms with Gasteiger partial charge in [0.05, 0.1) is 17.4 Å². The highest BCUT2D eigenvalue weighted by atomic mass is 15.1. The van der Waals surface area contributed by atoms with Crippen LogP contribution in [0.4, 0.5) is 17.2 Å². The first-order valence-corrected chi connectivity index (χ1v) is 7.58. The summed E-state index contributed by atoms with van der Waals surface area (Å²) in [6, 6.07) is 15.0. The summed E-state index contributed by atoms with van der Waals surface area (Å²) in [5.41, 5.74) is 2.93. The topological polar surface area (TPSA) is 53.1 Å². The van der Waals surface area contributed by atoms with E-state index in [4.69, 9.17) is 0 Å². The minimum Gasteiger partial charge on any atom is -0.369 e. The van der Waals surface area contributed by atoms with E-state index in [1.165, 1.54) is 0 Å². The van der Waals surface area contributed by atoms with Crippen molar-refractivity contribution in [3.8, 4) is 0 Å². The van der Waals surface area contributed by atoms with Crippen LogP contribution in [0.2, 0.25) is 0 Å². The van der Waals surface area contributed by atoms with E-state index in [9.17, 15) is 0 Å². The molecule has 0 spiro atoms. The molecule has 2 heterocycles. The van der Waals surface area contributed by atoms with E-state index < -0.39 is 0 Å². The number of nitrogens with zero attached hydrogens (tertiary/aromatic N) is 3. The van der Waals surface area contributed by atoms with Crippen molar-refractivity contribution in [1.29, 1.82) is 0 Å².